The average molecular weight is 342 g/mol. The lowest BCUT2D eigenvalue weighted by Gasteiger charge is -2.31. The summed E-state index contributed by atoms with van der Waals surface area (Å²) in [5.74, 6) is 0.688. The molecule has 5 nitrogen and oxygen atoms in total. The first-order valence-electron chi connectivity index (χ1n) is 7.56. The van der Waals surface area contributed by atoms with Crippen LogP contribution in [-0.4, -0.2) is 12.7 Å². The van der Waals surface area contributed by atoms with Crippen LogP contribution in [0.4, 0.5) is 5.69 Å². The Labute approximate surface area is 145 Å². The van der Waals surface area contributed by atoms with Crippen molar-refractivity contribution >= 4 is 23.4 Å². The van der Waals surface area contributed by atoms with Crippen LogP contribution in [0.15, 0.2) is 51.6 Å². The standard InChI is InChI=1S/C18H16ClN3O2/c1-12-9-13(2)17-16(10-12)24-8-7-18(17,20-11-23)22-21-15-5-3-14(19)4-6-15/h3-6,9-10H,7-8H2,1-2H3. The molecule has 0 amide bonds. The van der Waals surface area contributed by atoms with Crippen LogP contribution < -0.4 is 4.74 Å². The Morgan fingerprint density at radius 1 is 1.21 bits per heavy atom. The topological polar surface area (TPSA) is 63.4 Å². The van der Waals surface area contributed by atoms with Crippen molar-refractivity contribution in [2.75, 3.05) is 6.61 Å². The maximum Gasteiger partial charge on any atom is 0.237 e. The Bertz CT molecular complexity index is 842. The summed E-state index contributed by atoms with van der Waals surface area (Å²) in [6, 6.07) is 10.9. The molecule has 0 radical (unpaired) electrons. The van der Waals surface area contributed by atoms with E-state index in [1.54, 1.807) is 30.3 Å². The van der Waals surface area contributed by atoms with Gasteiger partial charge < -0.3 is 4.74 Å². The number of aryl methyl sites for hydroxylation is 2. The Balaban J connectivity index is 2.11. The van der Waals surface area contributed by atoms with Crippen molar-refractivity contribution in [2.24, 2.45) is 15.2 Å². The van der Waals surface area contributed by atoms with Crippen LogP contribution in [0.1, 0.15) is 23.1 Å². The highest BCUT2D eigenvalue weighted by atomic mass is 35.5. The van der Waals surface area contributed by atoms with Crippen LogP contribution in [0.3, 0.4) is 0 Å². The summed E-state index contributed by atoms with van der Waals surface area (Å²) >= 11 is 5.88. The molecule has 2 aromatic carbocycles. The second kappa shape index (κ2) is 6.56. The van der Waals surface area contributed by atoms with Gasteiger partial charge in [-0.3, -0.25) is 0 Å². The molecule has 0 N–H and O–H groups in total. The predicted molar refractivity (Wildman–Crippen MR) is 91.8 cm³/mol. The number of nitrogens with zero attached hydrogens (tertiary/aromatic N) is 3. The third kappa shape index (κ3) is 3.09. The van der Waals surface area contributed by atoms with E-state index < -0.39 is 5.66 Å². The van der Waals surface area contributed by atoms with Crippen LogP contribution in [-0.2, 0) is 10.5 Å². The van der Waals surface area contributed by atoms with Gasteiger partial charge in [0.2, 0.25) is 11.7 Å². The molecule has 2 aromatic rings. The highest BCUT2D eigenvalue weighted by Crippen LogP contribution is 2.44. The van der Waals surface area contributed by atoms with E-state index in [1.165, 1.54) is 0 Å². The number of rotatable bonds is 3. The number of ether oxygens (including phenoxy) is 1. The van der Waals surface area contributed by atoms with Gasteiger partial charge in [-0.15, -0.1) is 0 Å². The summed E-state index contributed by atoms with van der Waals surface area (Å²) in [7, 11) is 0. The van der Waals surface area contributed by atoms with Crippen LogP contribution in [0.2, 0.25) is 5.02 Å². The normalized spacial score (nSPS) is 19.5. The Morgan fingerprint density at radius 2 is 1.96 bits per heavy atom. The summed E-state index contributed by atoms with van der Waals surface area (Å²) in [6.07, 6.45) is 2.08. The highest BCUT2D eigenvalue weighted by Gasteiger charge is 2.40. The summed E-state index contributed by atoms with van der Waals surface area (Å²) in [5.41, 5.74) is 2.33. The van der Waals surface area contributed by atoms with E-state index in [2.05, 4.69) is 15.2 Å². The number of azo groups is 1. The molecule has 1 aliphatic heterocycles. The first-order chi connectivity index (χ1) is 11.5. The molecule has 1 unspecified atom stereocenters. The average Bonchev–Trinajstić information content (AvgIpc) is 2.54. The lowest BCUT2D eigenvalue weighted by Crippen LogP contribution is -2.30. The first-order valence-corrected chi connectivity index (χ1v) is 7.94. The van der Waals surface area contributed by atoms with Gasteiger partial charge in [-0.1, -0.05) is 17.7 Å². The summed E-state index contributed by atoms with van der Waals surface area (Å²) in [4.78, 5) is 15.1. The van der Waals surface area contributed by atoms with Crippen molar-refractivity contribution in [3.63, 3.8) is 0 Å². The quantitative estimate of drug-likeness (QED) is 0.447. The molecule has 1 atom stereocenters. The minimum atomic E-state index is -1.10. The van der Waals surface area contributed by atoms with E-state index in [-0.39, 0.29) is 0 Å². The fraction of sp³-hybridized carbons (Fsp3) is 0.278. The van der Waals surface area contributed by atoms with Crippen molar-refractivity contribution in [2.45, 2.75) is 25.9 Å². The minimum Gasteiger partial charge on any atom is -0.493 e. The van der Waals surface area contributed by atoms with Gasteiger partial charge in [-0.25, -0.2) is 4.79 Å². The van der Waals surface area contributed by atoms with Gasteiger partial charge in [0.25, 0.3) is 0 Å². The zero-order valence-corrected chi connectivity index (χ0v) is 14.2. The predicted octanol–water partition coefficient (Wildman–Crippen LogP) is 5.01. The molecule has 0 aromatic heterocycles. The van der Waals surface area contributed by atoms with E-state index >= 15 is 0 Å². The molecule has 1 aliphatic rings. The Morgan fingerprint density at radius 3 is 2.67 bits per heavy atom. The van der Waals surface area contributed by atoms with Gasteiger partial charge in [-0.2, -0.15) is 15.2 Å². The number of benzene rings is 2. The zero-order valence-electron chi connectivity index (χ0n) is 13.4. The molecular weight excluding hydrogens is 326 g/mol. The van der Waals surface area contributed by atoms with Gasteiger partial charge in [-0.05, 0) is 55.3 Å². The van der Waals surface area contributed by atoms with Gasteiger partial charge >= 0.3 is 0 Å². The molecule has 0 fully saturated rings. The molecule has 0 aliphatic carbocycles. The maximum absolute atomic E-state index is 11.1. The van der Waals surface area contributed by atoms with Crippen molar-refractivity contribution in [3.05, 3.63) is 58.1 Å². The number of carbonyl (C=O) groups excluding carboxylic acids is 1. The van der Waals surface area contributed by atoms with E-state index in [4.69, 9.17) is 16.3 Å². The van der Waals surface area contributed by atoms with Gasteiger partial charge in [0.05, 0.1) is 12.3 Å². The highest BCUT2D eigenvalue weighted by molar-refractivity contribution is 6.30. The summed E-state index contributed by atoms with van der Waals surface area (Å²) < 4.78 is 5.75. The van der Waals surface area contributed by atoms with Crippen molar-refractivity contribution in [3.8, 4) is 5.75 Å². The second-order valence-corrected chi connectivity index (χ2v) is 6.19. The minimum absolute atomic E-state index is 0.403. The second-order valence-electron chi connectivity index (χ2n) is 5.75. The molecule has 6 heteroatoms. The lowest BCUT2D eigenvalue weighted by molar-refractivity contribution is 0.217. The fourth-order valence-electron chi connectivity index (χ4n) is 2.94. The number of hydrogen-bond donors (Lipinski definition) is 0. The molecular formula is C18H16ClN3O2. The number of isocyanates is 1. The first kappa shape index (κ1) is 16.4. The molecule has 0 bridgehead atoms. The molecule has 122 valence electrons. The Hall–Kier alpha value is -2.49. The van der Waals surface area contributed by atoms with Crippen molar-refractivity contribution in [1.29, 1.82) is 0 Å². The van der Waals surface area contributed by atoms with E-state index in [0.717, 1.165) is 16.7 Å². The van der Waals surface area contributed by atoms with Crippen LogP contribution in [0.25, 0.3) is 0 Å². The van der Waals surface area contributed by atoms with E-state index in [0.29, 0.717) is 29.5 Å². The number of aliphatic imine (C=N–C) groups is 1. The number of hydrogen-bond acceptors (Lipinski definition) is 5. The SMILES string of the molecule is Cc1cc(C)c2c(c1)OCCC2(N=C=O)N=Nc1ccc(Cl)cc1. The summed E-state index contributed by atoms with van der Waals surface area (Å²) in [6.45, 7) is 4.35. The number of fused-ring (bicyclic) bond motifs is 1. The van der Waals surface area contributed by atoms with Gasteiger partial charge in [0, 0.05) is 17.0 Å². The molecule has 1 heterocycles. The molecule has 24 heavy (non-hydrogen) atoms. The smallest absolute Gasteiger partial charge is 0.237 e. The Kier molecular flexibility index (Phi) is 4.47. The van der Waals surface area contributed by atoms with Crippen LogP contribution in [0, 0.1) is 13.8 Å². The third-order valence-electron chi connectivity index (χ3n) is 3.94. The van der Waals surface area contributed by atoms with Crippen molar-refractivity contribution < 1.29 is 9.53 Å². The largest absolute Gasteiger partial charge is 0.493 e. The summed E-state index contributed by atoms with van der Waals surface area (Å²) in [5, 5.41) is 9.29. The van der Waals surface area contributed by atoms with E-state index in [1.807, 2.05) is 26.0 Å². The molecule has 0 spiro atoms. The third-order valence-corrected chi connectivity index (χ3v) is 4.19. The van der Waals surface area contributed by atoms with Crippen LogP contribution in [0.5, 0.6) is 5.75 Å². The van der Waals surface area contributed by atoms with Crippen molar-refractivity contribution in [1.82, 2.24) is 0 Å². The zero-order chi connectivity index (χ0) is 17.2. The molecule has 0 saturated heterocycles. The van der Waals surface area contributed by atoms with Gasteiger partial charge in [0.1, 0.15) is 5.75 Å². The lowest BCUT2D eigenvalue weighted by atomic mass is 9.89. The monoisotopic (exact) mass is 341 g/mol. The van der Waals surface area contributed by atoms with Gasteiger partial charge in [0.15, 0.2) is 0 Å². The maximum atomic E-state index is 11.1. The number of halogens is 1. The fourth-order valence-corrected chi connectivity index (χ4v) is 3.07. The molecule has 0 saturated carbocycles. The molecule has 3 rings (SSSR count). The van der Waals surface area contributed by atoms with E-state index in [9.17, 15) is 4.79 Å². The van der Waals surface area contributed by atoms with Crippen LogP contribution >= 0.6 is 11.6 Å².